The molecule has 1 aromatic heterocycles. The van der Waals surface area contributed by atoms with Crippen LogP contribution < -0.4 is 0 Å². The first-order valence-corrected chi connectivity index (χ1v) is 6.92. The van der Waals surface area contributed by atoms with E-state index in [2.05, 4.69) is 4.98 Å². The number of ether oxygens (including phenoxy) is 1. The van der Waals surface area contributed by atoms with Gasteiger partial charge in [0.25, 0.3) is 0 Å². The van der Waals surface area contributed by atoms with Gasteiger partial charge in [0.2, 0.25) is 0 Å². The second-order valence-electron chi connectivity index (χ2n) is 4.88. The first-order valence-electron chi connectivity index (χ1n) is 5.76. The number of nitrogens with zero attached hydrogens (tertiary/aromatic N) is 1. The minimum atomic E-state index is -1.01. The average Bonchev–Trinajstić information content (AvgIpc) is 2.27. The number of carboxylic acids is 1. The average molecular weight is 283 g/mol. The molecule has 6 heteroatoms. The molecule has 19 heavy (non-hydrogen) atoms. The summed E-state index contributed by atoms with van der Waals surface area (Å²) in [6.45, 7) is 5.41. The van der Waals surface area contributed by atoms with Crippen molar-refractivity contribution in [3.63, 3.8) is 0 Å². The summed E-state index contributed by atoms with van der Waals surface area (Å²) < 4.78 is 5.16. The van der Waals surface area contributed by atoms with Crippen molar-refractivity contribution >= 4 is 23.7 Å². The smallest absolute Gasteiger partial charge is 0.337 e. The molecule has 5 nitrogen and oxygen atoms in total. The maximum atomic E-state index is 11.5. The molecule has 0 spiro atoms. The van der Waals surface area contributed by atoms with E-state index in [-0.39, 0.29) is 17.3 Å². The molecular formula is C13H17NO4S. The van der Waals surface area contributed by atoms with Gasteiger partial charge < -0.3 is 9.84 Å². The van der Waals surface area contributed by atoms with Gasteiger partial charge in [-0.2, -0.15) is 0 Å². The van der Waals surface area contributed by atoms with Crippen LogP contribution in [-0.2, 0) is 15.3 Å². The van der Waals surface area contributed by atoms with E-state index in [9.17, 15) is 9.59 Å². The number of pyridine rings is 1. The second-order valence-corrected chi connectivity index (χ2v) is 5.87. The number of hydrogen-bond acceptors (Lipinski definition) is 5. The molecule has 0 amide bonds. The van der Waals surface area contributed by atoms with Crippen LogP contribution in [0.4, 0.5) is 0 Å². The first kappa shape index (κ1) is 15.5. The van der Waals surface area contributed by atoms with Crippen molar-refractivity contribution < 1.29 is 19.4 Å². The molecule has 0 aromatic carbocycles. The molecule has 0 unspecified atom stereocenters. The number of carbonyl (C=O) groups excluding carboxylic acids is 1. The molecule has 0 saturated carbocycles. The van der Waals surface area contributed by atoms with E-state index >= 15 is 0 Å². The van der Waals surface area contributed by atoms with Gasteiger partial charge in [0.05, 0.1) is 17.0 Å². The predicted molar refractivity (Wildman–Crippen MR) is 73.2 cm³/mol. The number of carboxylic acid groups (broad SMARTS) is 1. The number of esters is 1. The van der Waals surface area contributed by atoms with E-state index < -0.39 is 11.6 Å². The molecule has 1 N–H and O–H groups in total. The van der Waals surface area contributed by atoms with Gasteiger partial charge >= 0.3 is 11.9 Å². The summed E-state index contributed by atoms with van der Waals surface area (Å²) in [7, 11) is 0. The zero-order chi connectivity index (χ0) is 14.5. The number of hydrogen-bond donors (Lipinski definition) is 1. The largest absolute Gasteiger partial charge is 0.478 e. The molecule has 0 aliphatic rings. The number of carbonyl (C=O) groups is 2. The van der Waals surface area contributed by atoms with Crippen molar-refractivity contribution in [3.8, 4) is 0 Å². The fourth-order valence-corrected chi connectivity index (χ4v) is 2.10. The zero-order valence-electron chi connectivity index (χ0n) is 11.2. The Morgan fingerprint density at radius 1 is 1.42 bits per heavy atom. The lowest BCUT2D eigenvalue weighted by molar-refractivity contribution is -0.151. The van der Waals surface area contributed by atoms with Gasteiger partial charge in [0, 0.05) is 11.9 Å². The Morgan fingerprint density at radius 3 is 2.68 bits per heavy atom. The van der Waals surface area contributed by atoms with Crippen molar-refractivity contribution in [2.24, 2.45) is 0 Å². The highest BCUT2D eigenvalue weighted by molar-refractivity contribution is 7.99. The Morgan fingerprint density at radius 2 is 2.11 bits per heavy atom. The van der Waals surface area contributed by atoms with Crippen LogP contribution in [0.1, 0.15) is 36.8 Å². The molecule has 0 bridgehead atoms. The molecule has 1 heterocycles. The Kier molecular flexibility index (Phi) is 5.35. The molecule has 0 atom stereocenters. The van der Waals surface area contributed by atoms with E-state index in [1.165, 1.54) is 24.0 Å². The number of aromatic nitrogens is 1. The van der Waals surface area contributed by atoms with Crippen LogP contribution in [0, 0.1) is 0 Å². The fraction of sp³-hybridized carbons (Fsp3) is 0.462. The number of rotatable bonds is 5. The topological polar surface area (TPSA) is 76.5 Å². The summed E-state index contributed by atoms with van der Waals surface area (Å²) >= 11 is 1.29. The van der Waals surface area contributed by atoms with Crippen LogP contribution in [0.2, 0.25) is 0 Å². The standard InChI is InChI=1S/C13H17NO4S/c1-13(2,3)18-11(15)8-19-7-10-9(12(16)17)5-4-6-14-10/h4-6H,7-8H2,1-3H3,(H,16,17). The highest BCUT2D eigenvalue weighted by Gasteiger charge is 2.17. The van der Waals surface area contributed by atoms with Crippen molar-refractivity contribution in [3.05, 3.63) is 29.6 Å². The van der Waals surface area contributed by atoms with Gasteiger partial charge in [0.1, 0.15) is 5.60 Å². The van der Waals surface area contributed by atoms with Gasteiger partial charge in [-0.1, -0.05) is 0 Å². The molecule has 0 saturated heterocycles. The van der Waals surface area contributed by atoms with Crippen molar-refractivity contribution in [2.45, 2.75) is 32.1 Å². The van der Waals surface area contributed by atoms with E-state index in [0.717, 1.165) is 0 Å². The summed E-state index contributed by atoms with van der Waals surface area (Å²) in [5.74, 6) is -0.791. The third-order valence-corrected chi connectivity index (χ3v) is 2.92. The number of thioether (sulfide) groups is 1. The fourth-order valence-electron chi connectivity index (χ4n) is 1.35. The Balaban J connectivity index is 2.50. The summed E-state index contributed by atoms with van der Waals surface area (Å²) in [6, 6.07) is 3.07. The van der Waals surface area contributed by atoms with Crippen molar-refractivity contribution in [1.82, 2.24) is 4.98 Å². The van der Waals surface area contributed by atoms with E-state index in [1.807, 2.05) is 0 Å². The van der Waals surface area contributed by atoms with Gasteiger partial charge in [-0.25, -0.2) is 4.79 Å². The predicted octanol–water partition coefficient (Wildman–Crippen LogP) is 2.35. The van der Waals surface area contributed by atoms with Crippen molar-refractivity contribution in [1.29, 1.82) is 0 Å². The van der Waals surface area contributed by atoms with Gasteiger partial charge in [0.15, 0.2) is 0 Å². The molecular weight excluding hydrogens is 266 g/mol. The monoisotopic (exact) mass is 283 g/mol. The summed E-state index contributed by atoms with van der Waals surface area (Å²) in [4.78, 5) is 26.5. The molecule has 1 aromatic rings. The first-order chi connectivity index (χ1) is 8.79. The molecule has 0 fully saturated rings. The lowest BCUT2D eigenvalue weighted by atomic mass is 10.2. The Hall–Kier alpha value is -1.56. The summed E-state index contributed by atoms with van der Waals surface area (Å²) in [6.07, 6.45) is 1.54. The van der Waals surface area contributed by atoms with E-state index in [4.69, 9.17) is 9.84 Å². The minimum Gasteiger partial charge on any atom is -0.478 e. The lowest BCUT2D eigenvalue weighted by Crippen LogP contribution is -2.25. The second kappa shape index (κ2) is 6.56. The quantitative estimate of drug-likeness (QED) is 0.836. The highest BCUT2D eigenvalue weighted by Crippen LogP contribution is 2.16. The molecule has 0 aliphatic carbocycles. The van der Waals surface area contributed by atoms with Crippen LogP contribution in [0.3, 0.4) is 0 Å². The van der Waals surface area contributed by atoms with Crippen molar-refractivity contribution in [2.75, 3.05) is 5.75 Å². The maximum absolute atomic E-state index is 11.5. The van der Waals surface area contributed by atoms with Gasteiger partial charge in [-0.3, -0.25) is 9.78 Å². The van der Waals surface area contributed by atoms with Crippen LogP contribution in [-0.4, -0.2) is 33.4 Å². The third kappa shape index (κ3) is 5.74. The van der Waals surface area contributed by atoms with Gasteiger partial charge in [-0.15, -0.1) is 11.8 Å². The highest BCUT2D eigenvalue weighted by atomic mass is 32.2. The van der Waals surface area contributed by atoms with Crippen LogP contribution in [0.5, 0.6) is 0 Å². The maximum Gasteiger partial charge on any atom is 0.337 e. The Bertz CT molecular complexity index is 468. The SMILES string of the molecule is CC(C)(C)OC(=O)CSCc1ncccc1C(=O)O. The van der Waals surface area contributed by atoms with Crippen LogP contribution >= 0.6 is 11.8 Å². The van der Waals surface area contributed by atoms with Crippen LogP contribution in [0.25, 0.3) is 0 Å². The molecule has 0 aliphatic heterocycles. The van der Waals surface area contributed by atoms with E-state index in [0.29, 0.717) is 11.4 Å². The van der Waals surface area contributed by atoms with E-state index in [1.54, 1.807) is 26.8 Å². The normalized spacial score (nSPS) is 11.1. The zero-order valence-corrected chi connectivity index (χ0v) is 12.0. The minimum absolute atomic E-state index is 0.166. The summed E-state index contributed by atoms with van der Waals surface area (Å²) in [5.41, 5.74) is 0.122. The molecule has 104 valence electrons. The van der Waals surface area contributed by atoms with Gasteiger partial charge in [-0.05, 0) is 32.9 Å². The Labute approximate surface area is 116 Å². The number of aromatic carboxylic acids is 1. The van der Waals surface area contributed by atoms with Crippen LogP contribution in [0.15, 0.2) is 18.3 Å². The molecule has 1 rings (SSSR count). The molecule has 0 radical (unpaired) electrons. The lowest BCUT2D eigenvalue weighted by Gasteiger charge is -2.19. The summed E-state index contributed by atoms with van der Waals surface area (Å²) in [5, 5.41) is 8.99. The third-order valence-electron chi connectivity index (χ3n) is 2.00.